The fraction of sp³-hybridized carbons (Fsp3) is 1.00. The van der Waals surface area contributed by atoms with E-state index in [2.05, 4.69) is 5.32 Å². The van der Waals surface area contributed by atoms with Gasteiger partial charge in [-0.05, 0) is 0 Å². The van der Waals surface area contributed by atoms with Gasteiger partial charge >= 0.3 is 0 Å². The molecule has 0 bridgehead atoms. The van der Waals surface area contributed by atoms with Crippen molar-refractivity contribution in [2.75, 3.05) is 0 Å². The van der Waals surface area contributed by atoms with E-state index in [0.29, 0.717) is 0 Å². The number of nitrogens with two attached hydrogens (primary N) is 1. The second-order valence-corrected chi connectivity index (χ2v) is 2.87. The Morgan fingerprint density at radius 3 is 1.33 bits per heavy atom. The van der Waals surface area contributed by atoms with Gasteiger partial charge in [0.05, 0.1) is 12.1 Å². The van der Waals surface area contributed by atoms with Crippen molar-refractivity contribution in [3.63, 3.8) is 0 Å². The van der Waals surface area contributed by atoms with Crippen LogP contribution in [0.15, 0.2) is 0 Å². The second-order valence-electron chi connectivity index (χ2n) is 2.87. The summed E-state index contributed by atoms with van der Waals surface area (Å²) in [5.74, 6) is 0. The van der Waals surface area contributed by atoms with Crippen LogP contribution in [-0.4, -0.2) is 12.1 Å². The normalized spacial score (nSPS) is 24.0. The van der Waals surface area contributed by atoms with Gasteiger partial charge in [-0.2, -0.15) is 0 Å². The van der Waals surface area contributed by atoms with E-state index in [0.717, 1.165) is 12.1 Å². The highest BCUT2D eigenvalue weighted by molar-refractivity contribution is 4.76. The van der Waals surface area contributed by atoms with Crippen molar-refractivity contribution in [1.29, 1.82) is 0 Å². The van der Waals surface area contributed by atoms with E-state index in [-0.39, 0.29) is 24.8 Å². The molecule has 0 atom stereocenters. The van der Waals surface area contributed by atoms with Crippen molar-refractivity contribution in [3.8, 4) is 0 Å². The Kier molecular flexibility index (Phi) is 3.86. The fourth-order valence-corrected chi connectivity index (χ4v) is 0.962. The number of quaternary nitrogens is 1. The van der Waals surface area contributed by atoms with Gasteiger partial charge < -0.3 is 30.1 Å². The zero-order valence-corrected chi connectivity index (χ0v) is 6.83. The highest BCUT2D eigenvalue weighted by Crippen LogP contribution is 2.19. The van der Waals surface area contributed by atoms with Crippen molar-refractivity contribution in [2.24, 2.45) is 0 Å². The molecule has 0 aromatic rings. The minimum atomic E-state index is 0. The molecule has 0 aromatic carbocycles. The van der Waals surface area contributed by atoms with Crippen LogP contribution in [-0.2, 0) is 0 Å². The first-order chi connectivity index (χ1) is 3.45. The van der Waals surface area contributed by atoms with Crippen molar-refractivity contribution in [3.05, 3.63) is 0 Å². The molecule has 2 saturated carbocycles. The predicted molar refractivity (Wildman–Crippen MR) is 28.0 cm³/mol. The maximum absolute atomic E-state index is 2.56. The number of hydrogen-bond donors (Lipinski definition) is 1. The van der Waals surface area contributed by atoms with E-state index in [1.165, 1.54) is 25.7 Å². The Balaban J connectivity index is 0.000000320. The molecule has 56 valence electrons. The monoisotopic (exact) mass is 168 g/mol. The summed E-state index contributed by atoms with van der Waals surface area (Å²) in [5, 5.41) is 2.56. The first-order valence-corrected chi connectivity index (χ1v) is 3.30. The molecule has 0 amide bonds. The molecular weight excluding hydrogens is 157 g/mol. The molecule has 2 rings (SSSR count). The van der Waals surface area contributed by atoms with E-state index in [1.807, 2.05) is 0 Å². The lowest BCUT2D eigenvalue weighted by atomic mass is 10.6. The van der Waals surface area contributed by atoms with Crippen LogP contribution in [0.2, 0.25) is 0 Å². The molecule has 2 aliphatic rings. The summed E-state index contributed by atoms with van der Waals surface area (Å²) in [6.07, 6.45) is 5.99. The third kappa shape index (κ3) is 3.29. The van der Waals surface area contributed by atoms with Crippen LogP contribution in [0.4, 0.5) is 0 Å². The first kappa shape index (κ1) is 9.54. The van der Waals surface area contributed by atoms with Gasteiger partial charge in [0.2, 0.25) is 0 Å². The van der Waals surface area contributed by atoms with Crippen LogP contribution in [0.1, 0.15) is 25.7 Å². The summed E-state index contributed by atoms with van der Waals surface area (Å²) in [7, 11) is 0. The molecule has 0 aromatic heterocycles. The van der Waals surface area contributed by atoms with Crippen LogP contribution in [0.25, 0.3) is 0 Å². The van der Waals surface area contributed by atoms with E-state index in [9.17, 15) is 0 Å². The molecule has 1 nitrogen and oxygen atoms in total. The lowest BCUT2D eigenvalue weighted by molar-refractivity contribution is -0.681. The maximum atomic E-state index is 2.56. The number of rotatable bonds is 2. The second kappa shape index (κ2) is 3.65. The van der Waals surface area contributed by atoms with Crippen LogP contribution >= 0.6 is 0 Å². The van der Waals surface area contributed by atoms with E-state index < -0.39 is 0 Å². The molecule has 9 heavy (non-hydrogen) atoms. The van der Waals surface area contributed by atoms with Gasteiger partial charge in [0.25, 0.3) is 0 Å². The minimum Gasteiger partial charge on any atom is -1.00 e. The van der Waals surface area contributed by atoms with Crippen molar-refractivity contribution >= 4 is 0 Å². The Hall–Kier alpha value is 0.540. The zero-order chi connectivity index (χ0) is 4.69. The quantitative estimate of drug-likeness (QED) is 0.423. The van der Waals surface area contributed by atoms with Crippen LogP contribution in [0.3, 0.4) is 0 Å². The molecule has 3 heteroatoms. The zero-order valence-electron chi connectivity index (χ0n) is 5.32. The molecule has 0 aliphatic heterocycles. The highest BCUT2D eigenvalue weighted by Gasteiger charge is 2.34. The molecule has 0 spiro atoms. The van der Waals surface area contributed by atoms with Gasteiger partial charge in [0.15, 0.2) is 0 Å². The van der Waals surface area contributed by atoms with Gasteiger partial charge in [-0.1, -0.05) is 0 Å². The van der Waals surface area contributed by atoms with Gasteiger partial charge in [0.1, 0.15) is 0 Å². The summed E-state index contributed by atoms with van der Waals surface area (Å²) in [6, 6.07) is 2.12. The van der Waals surface area contributed by atoms with Gasteiger partial charge in [0, 0.05) is 25.7 Å². The summed E-state index contributed by atoms with van der Waals surface area (Å²) < 4.78 is 0. The summed E-state index contributed by atoms with van der Waals surface area (Å²) in [4.78, 5) is 0. The molecule has 0 unspecified atom stereocenters. The van der Waals surface area contributed by atoms with Crippen LogP contribution < -0.4 is 30.1 Å². The van der Waals surface area contributed by atoms with Crippen molar-refractivity contribution in [1.82, 2.24) is 0 Å². The Labute approximate surface area is 68.4 Å². The largest absolute Gasteiger partial charge is 1.00 e. The molecule has 2 N–H and O–H groups in total. The van der Waals surface area contributed by atoms with Crippen molar-refractivity contribution < 1.29 is 30.1 Å². The Bertz CT molecular complexity index is 69.1. The molecule has 2 fully saturated rings. The molecule has 0 heterocycles. The van der Waals surface area contributed by atoms with Gasteiger partial charge in [-0.15, -0.1) is 0 Å². The highest BCUT2D eigenvalue weighted by atomic mass is 35.5. The Morgan fingerprint density at radius 2 is 1.11 bits per heavy atom. The van der Waals surface area contributed by atoms with E-state index in [4.69, 9.17) is 0 Å². The van der Waals surface area contributed by atoms with Crippen LogP contribution in [0.5, 0.6) is 0 Å². The maximum Gasteiger partial charge on any atom is 0.0865 e. The summed E-state index contributed by atoms with van der Waals surface area (Å²) in [5.41, 5.74) is 0. The average Bonchev–Trinajstić information content (AvgIpc) is 2.33. The van der Waals surface area contributed by atoms with E-state index in [1.54, 1.807) is 0 Å². The smallest absolute Gasteiger partial charge is 0.0865 e. The molecule has 0 saturated heterocycles. The van der Waals surface area contributed by atoms with Gasteiger partial charge in [-0.3, -0.25) is 0 Å². The predicted octanol–water partition coefficient (Wildman–Crippen LogP) is -6.12. The van der Waals surface area contributed by atoms with Gasteiger partial charge in [-0.25, -0.2) is 0 Å². The standard InChI is InChI=1S/C6H11N.2ClH/c1-2-5(1)7-6-3-4-6;;/h5-7H,1-4H2;2*1H/p-1. The molecule has 2 aliphatic carbocycles. The lowest BCUT2D eigenvalue weighted by Crippen LogP contribution is -3.00. The SMILES string of the molecule is C1CC1[NH2+]C1CC1.[Cl-].[Cl-]. The van der Waals surface area contributed by atoms with E-state index >= 15 is 0 Å². The average molecular weight is 169 g/mol. The minimum absolute atomic E-state index is 0. The van der Waals surface area contributed by atoms with Crippen LogP contribution in [0, 0.1) is 0 Å². The lowest BCUT2D eigenvalue weighted by Gasteiger charge is -1.89. The Morgan fingerprint density at radius 1 is 0.778 bits per heavy atom. The summed E-state index contributed by atoms with van der Waals surface area (Å²) in [6.45, 7) is 0. The first-order valence-electron chi connectivity index (χ1n) is 3.30. The number of halogens is 2. The fourth-order valence-electron chi connectivity index (χ4n) is 0.962. The molecule has 0 radical (unpaired) electrons. The number of hydrogen-bond acceptors (Lipinski definition) is 0. The third-order valence-corrected chi connectivity index (χ3v) is 1.79. The van der Waals surface area contributed by atoms with Crippen molar-refractivity contribution in [2.45, 2.75) is 37.8 Å². The topological polar surface area (TPSA) is 16.6 Å². The molecular formula is C6H12Cl2N-. The summed E-state index contributed by atoms with van der Waals surface area (Å²) >= 11 is 0. The third-order valence-electron chi connectivity index (χ3n) is 1.79.